The quantitative estimate of drug-likeness (QED) is 0.842. The highest BCUT2D eigenvalue weighted by Crippen LogP contribution is 2.23. The average Bonchev–Trinajstić information content (AvgIpc) is 3.03. The Kier molecular flexibility index (Phi) is 3.21. The summed E-state index contributed by atoms with van der Waals surface area (Å²) in [6.45, 7) is 0.773. The van der Waals surface area contributed by atoms with Crippen LogP contribution in [-0.2, 0) is 0 Å². The largest absolute Gasteiger partial charge is 0.300 e. The molecule has 18 heavy (non-hydrogen) atoms. The van der Waals surface area contributed by atoms with Gasteiger partial charge in [-0.05, 0) is 22.9 Å². The van der Waals surface area contributed by atoms with Crippen LogP contribution in [0.4, 0.5) is 0 Å². The lowest BCUT2D eigenvalue weighted by molar-refractivity contribution is -0.600. The van der Waals surface area contributed by atoms with Crippen molar-refractivity contribution < 1.29 is 4.70 Å². The van der Waals surface area contributed by atoms with E-state index in [1.807, 2.05) is 29.3 Å². The molecule has 0 fully saturated rings. The molecule has 0 saturated heterocycles. The first-order valence-corrected chi connectivity index (χ1v) is 7.43. The number of nitrogens with zero attached hydrogens (tertiary/aromatic N) is 3. The zero-order valence-corrected chi connectivity index (χ0v) is 11.5. The molecule has 2 aromatic rings. The van der Waals surface area contributed by atoms with Crippen molar-refractivity contribution in [2.45, 2.75) is 6.04 Å². The van der Waals surface area contributed by atoms with Crippen molar-refractivity contribution in [3.05, 3.63) is 44.8 Å². The van der Waals surface area contributed by atoms with Gasteiger partial charge in [0.1, 0.15) is 6.54 Å². The van der Waals surface area contributed by atoms with E-state index in [-0.39, 0.29) is 6.04 Å². The second-order valence-electron chi connectivity index (χ2n) is 3.98. The lowest BCUT2D eigenvalue weighted by Gasteiger charge is -2.05. The second kappa shape index (κ2) is 4.99. The summed E-state index contributed by atoms with van der Waals surface area (Å²) in [5.41, 5.74) is 3.12. The Morgan fingerprint density at radius 1 is 1.28 bits per heavy atom. The number of azo groups is 2. The first kappa shape index (κ1) is 11.6. The Balaban J connectivity index is 1.91. The Bertz CT molecular complexity index is 569. The molecule has 4 nitrogen and oxygen atoms in total. The molecular formula is C12H13N4S2+. The molecule has 0 aromatic carbocycles. The summed E-state index contributed by atoms with van der Waals surface area (Å²) in [5.74, 6) is 0.756. The van der Waals surface area contributed by atoms with Gasteiger partial charge < -0.3 is 5.43 Å². The van der Waals surface area contributed by atoms with Crippen molar-refractivity contribution in [3.8, 4) is 0 Å². The van der Waals surface area contributed by atoms with E-state index in [2.05, 4.69) is 33.2 Å². The van der Waals surface area contributed by atoms with Gasteiger partial charge in [-0.1, -0.05) is 12.1 Å². The van der Waals surface area contributed by atoms with Crippen LogP contribution < -0.4 is 5.43 Å². The van der Waals surface area contributed by atoms with Gasteiger partial charge in [0, 0.05) is 5.11 Å². The van der Waals surface area contributed by atoms with E-state index < -0.39 is 0 Å². The van der Waals surface area contributed by atoms with E-state index in [0.717, 1.165) is 17.3 Å². The highest BCUT2D eigenvalue weighted by Gasteiger charge is 2.26. The predicted molar refractivity (Wildman–Crippen MR) is 74.5 cm³/mol. The van der Waals surface area contributed by atoms with Crippen molar-refractivity contribution >= 4 is 28.5 Å². The number of thiophene rings is 2. The van der Waals surface area contributed by atoms with E-state index >= 15 is 0 Å². The molecule has 2 aromatic heterocycles. The third-order valence-electron chi connectivity index (χ3n) is 2.79. The van der Waals surface area contributed by atoms with Gasteiger partial charge in [-0.25, -0.2) is 0 Å². The summed E-state index contributed by atoms with van der Waals surface area (Å²) in [5, 5.41) is 13.1. The molecule has 0 aliphatic carbocycles. The van der Waals surface area contributed by atoms with E-state index in [4.69, 9.17) is 0 Å². The van der Waals surface area contributed by atoms with Crippen molar-refractivity contribution in [2.75, 3.05) is 13.6 Å². The average molecular weight is 277 g/mol. The van der Waals surface area contributed by atoms with Crippen LogP contribution in [0.25, 0.3) is 0 Å². The smallest absolute Gasteiger partial charge is 0.254 e. The zero-order valence-electron chi connectivity index (χ0n) is 9.91. The number of hydrogen-bond donors (Lipinski definition) is 1. The zero-order chi connectivity index (χ0) is 12.4. The molecule has 1 unspecified atom stereocenters. The Morgan fingerprint density at radius 3 is 2.83 bits per heavy atom. The number of amidine groups is 1. The van der Waals surface area contributed by atoms with Gasteiger partial charge in [0.25, 0.3) is 5.84 Å². The van der Waals surface area contributed by atoms with Crippen LogP contribution in [0.15, 0.2) is 45.2 Å². The lowest BCUT2D eigenvalue weighted by atomic mass is 10.2. The van der Waals surface area contributed by atoms with Gasteiger partial charge in [0.05, 0.1) is 9.75 Å². The molecule has 3 heterocycles. The fraction of sp³-hybridized carbons (Fsp3) is 0.250. The predicted octanol–water partition coefficient (Wildman–Crippen LogP) is 2.91. The molecule has 1 aliphatic rings. The van der Waals surface area contributed by atoms with Crippen LogP contribution in [0.5, 0.6) is 0 Å². The van der Waals surface area contributed by atoms with Gasteiger partial charge in [0.15, 0.2) is 7.05 Å². The minimum Gasteiger partial charge on any atom is -0.300 e. The van der Waals surface area contributed by atoms with Gasteiger partial charge in [0.2, 0.25) is 6.04 Å². The van der Waals surface area contributed by atoms with E-state index in [0.29, 0.717) is 0 Å². The summed E-state index contributed by atoms with van der Waals surface area (Å²) in [4.78, 5) is 2.39. The van der Waals surface area contributed by atoms with Crippen LogP contribution in [0.1, 0.15) is 15.8 Å². The molecule has 0 bridgehead atoms. The summed E-state index contributed by atoms with van der Waals surface area (Å²) in [7, 11) is 2.00. The summed E-state index contributed by atoms with van der Waals surface area (Å²) in [6, 6.07) is 8.50. The third kappa shape index (κ3) is 2.21. The normalized spacial score (nSPS) is 19.7. The Labute approximate surface area is 113 Å². The third-order valence-corrected chi connectivity index (χ3v) is 4.63. The van der Waals surface area contributed by atoms with Crippen LogP contribution in [-0.4, -0.2) is 24.1 Å². The van der Waals surface area contributed by atoms with Crippen LogP contribution in [0, 0.1) is 0 Å². The molecule has 3 rings (SSSR count). The molecule has 6 heteroatoms. The standard InChI is InChI=1S/C12H12N4S2/c1-16-9(10-4-2-6-17-10)8-13-14-12(15-16)11-5-3-7-18-11/h2-7,9H,8H2,1H3/p+1. The molecule has 0 radical (unpaired) electrons. The van der Waals surface area contributed by atoms with E-state index in [1.165, 1.54) is 4.88 Å². The SMILES string of the molecule is C[N+]1=NC(c2cccs2)=NNCC1c1cccs1. The Morgan fingerprint density at radius 2 is 2.11 bits per heavy atom. The van der Waals surface area contributed by atoms with Gasteiger partial charge in [-0.15, -0.1) is 27.4 Å². The maximum absolute atomic E-state index is 4.59. The summed E-state index contributed by atoms with van der Waals surface area (Å²) < 4.78 is 1.99. The molecule has 92 valence electrons. The molecule has 1 N–H and O–H groups in total. The monoisotopic (exact) mass is 277 g/mol. The number of likely N-dealkylation sites (N-methyl/N-ethyl adjacent to an activating group) is 1. The first-order valence-electron chi connectivity index (χ1n) is 5.67. The van der Waals surface area contributed by atoms with Crippen molar-refractivity contribution in [2.24, 2.45) is 10.2 Å². The van der Waals surface area contributed by atoms with E-state index in [9.17, 15) is 0 Å². The highest BCUT2D eigenvalue weighted by molar-refractivity contribution is 7.12. The van der Waals surface area contributed by atoms with Crippen LogP contribution in [0.3, 0.4) is 0 Å². The van der Waals surface area contributed by atoms with Crippen LogP contribution in [0.2, 0.25) is 0 Å². The minimum absolute atomic E-state index is 0.242. The Hall–Kier alpha value is -1.53. The second-order valence-corrected chi connectivity index (χ2v) is 5.91. The maximum Gasteiger partial charge on any atom is 0.254 e. The number of nitrogens with one attached hydrogen (secondary N) is 1. The fourth-order valence-electron chi connectivity index (χ4n) is 1.86. The molecule has 1 atom stereocenters. The molecule has 1 aliphatic heterocycles. The first-order chi connectivity index (χ1) is 8.84. The van der Waals surface area contributed by atoms with Crippen molar-refractivity contribution in [1.29, 1.82) is 0 Å². The van der Waals surface area contributed by atoms with Crippen molar-refractivity contribution in [1.82, 2.24) is 5.43 Å². The van der Waals surface area contributed by atoms with Crippen molar-refractivity contribution in [3.63, 3.8) is 0 Å². The molecule has 0 saturated carbocycles. The van der Waals surface area contributed by atoms with Gasteiger partial charge >= 0.3 is 0 Å². The van der Waals surface area contributed by atoms with Gasteiger partial charge in [-0.2, -0.15) is 5.10 Å². The molecule has 0 amide bonds. The summed E-state index contributed by atoms with van der Waals surface area (Å²) in [6.07, 6.45) is 0. The fourth-order valence-corrected chi connectivity index (χ4v) is 3.37. The minimum atomic E-state index is 0.242. The number of hydrogen-bond acceptors (Lipinski definition) is 5. The topological polar surface area (TPSA) is 39.8 Å². The van der Waals surface area contributed by atoms with E-state index in [1.54, 1.807) is 22.7 Å². The lowest BCUT2D eigenvalue weighted by Crippen LogP contribution is -2.21. The number of rotatable bonds is 2. The van der Waals surface area contributed by atoms with Gasteiger partial charge in [-0.3, -0.25) is 0 Å². The molecular weight excluding hydrogens is 264 g/mol. The molecule has 0 spiro atoms. The maximum atomic E-state index is 4.59. The summed E-state index contributed by atoms with van der Waals surface area (Å²) >= 11 is 3.40. The van der Waals surface area contributed by atoms with Crippen LogP contribution >= 0.6 is 22.7 Å². The highest BCUT2D eigenvalue weighted by atomic mass is 32.1. The number of hydrazone groups is 1.